The summed E-state index contributed by atoms with van der Waals surface area (Å²) in [6.45, 7) is 3.19. The van der Waals surface area contributed by atoms with Crippen LogP contribution >= 0.6 is 0 Å². The van der Waals surface area contributed by atoms with Gasteiger partial charge >= 0.3 is 0 Å². The van der Waals surface area contributed by atoms with Crippen molar-refractivity contribution < 1.29 is 9.53 Å². The number of anilines is 1. The number of pyridine rings is 1. The fourth-order valence-corrected chi connectivity index (χ4v) is 8.44. The number of likely N-dealkylation sites (tertiary alicyclic amines) is 1. The van der Waals surface area contributed by atoms with Crippen molar-refractivity contribution in [1.29, 1.82) is 5.26 Å². The number of carbonyl (C=O) groups is 1. The lowest BCUT2D eigenvalue weighted by molar-refractivity contribution is 0.0700. The summed E-state index contributed by atoms with van der Waals surface area (Å²) in [5, 5.41) is 9.77. The molecule has 49 heavy (non-hydrogen) atoms. The van der Waals surface area contributed by atoms with Gasteiger partial charge in [0.05, 0.1) is 26.2 Å². The number of nitriles is 1. The minimum atomic E-state index is -0.657. The van der Waals surface area contributed by atoms with E-state index in [2.05, 4.69) is 36.1 Å². The molecule has 1 aromatic carbocycles. The van der Waals surface area contributed by atoms with Crippen molar-refractivity contribution in [3.05, 3.63) is 60.2 Å². The summed E-state index contributed by atoms with van der Waals surface area (Å²) >= 11 is 0. The standard InChI is InChI=1S/C36H37BN10O2/c1-49-28-15-24(35(48)46-18-23-6-7-26(46)31(23)39)13-25-32(28)47(20-36(37)9-12-44(19-36)30-8-11-40-29(16-38)43-30)34(42-25)27-14-22-3-2-10-41-33(22)45(27)17-21-4-5-21/h2-3,8,10-11,13-15,21,23,26,31H,4-7,9,12,17-20,39H2,1H3/t23?,26?,31-,36+/m1/s1. The Balaban J connectivity index is 1.17. The van der Waals surface area contributed by atoms with Crippen LogP contribution in [-0.4, -0.2) is 86.6 Å². The molecule has 2 saturated heterocycles. The zero-order chi connectivity index (χ0) is 33.4. The van der Waals surface area contributed by atoms with E-state index in [9.17, 15) is 10.1 Å². The molecule has 2 aliphatic heterocycles. The molecule has 2 aliphatic carbocycles. The number of hydrogen-bond donors (Lipinski definition) is 1. The maximum absolute atomic E-state index is 14.0. The first kappa shape index (κ1) is 30.1. The number of methoxy groups -OCH3 is 1. The van der Waals surface area contributed by atoms with Crippen molar-refractivity contribution in [1.82, 2.24) is 34.0 Å². The third-order valence-corrected chi connectivity index (χ3v) is 11.1. The molecule has 2 radical (unpaired) electrons. The van der Waals surface area contributed by atoms with Crippen LogP contribution in [0.4, 0.5) is 5.82 Å². The summed E-state index contributed by atoms with van der Waals surface area (Å²) in [7, 11) is 8.90. The Morgan fingerprint density at radius 1 is 1.12 bits per heavy atom. The quantitative estimate of drug-likeness (QED) is 0.247. The van der Waals surface area contributed by atoms with Gasteiger partial charge in [-0.25, -0.2) is 19.9 Å². The number of aromatic nitrogens is 6. The van der Waals surface area contributed by atoms with Crippen molar-refractivity contribution in [3.8, 4) is 23.3 Å². The van der Waals surface area contributed by atoms with Crippen LogP contribution in [0.15, 0.2) is 48.8 Å². The number of fused-ring (bicyclic) bond motifs is 4. The smallest absolute Gasteiger partial charge is 0.254 e. The van der Waals surface area contributed by atoms with E-state index < -0.39 is 5.31 Å². The molecular weight excluding hydrogens is 615 g/mol. The third kappa shape index (κ3) is 5.03. The van der Waals surface area contributed by atoms with Crippen molar-refractivity contribution >= 4 is 41.6 Å². The second-order valence-corrected chi connectivity index (χ2v) is 14.4. The van der Waals surface area contributed by atoms with Crippen molar-refractivity contribution in [2.75, 3.05) is 31.6 Å². The first-order valence-corrected chi connectivity index (χ1v) is 17.2. The van der Waals surface area contributed by atoms with Crippen molar-refractivity contribution in [3.63, 3.8) is 0 Å². The lowest BCUT2D eigenvalue weighted by Crippen LogP contribution is -2.41. The summed E-state index contributed by atoms with van der Waals surface area (Å²) in [6.07, 6.45) is 8.55. The van der Waals surface area contributed by atoms with Gasteiger partial charge < -0.3 is 29.4 Å². The average Bonchev–Trinajstić information content (AvgIpc) is 3.36. The molecule has 2 bridgehead atoms. The van der Waals surface area contributed by atoms with Gasteiger partial charge in [-0.2, -0.15) is 5.26 Å². The molecule has 1 amide bonds. The number of hydrogen-bond acceptors (Lipinski definition) is 9. The van der Waals surface area contributed by atoms with Crippen LogP contribution in [0.5, 0.6) is 5.75 Å². The topological polar surface area (TPSA) is 144 Å². The summed E-state index contributed by atoms with van der Waals surface area (Å²) in [4.78, 5) is 36.6. The maximum Gasteiger partial charge on any atom is 0.254 e. The van der Waals surface area contributed by atoms with E-state index in [0.29, 0.717) is 67.1 Å². The number of piperidine rings is 1. The first-order chi connectivity index (χ1) is 23.8. The van der Waals surface area contributed by atoms with Gasteiger partial charge in [-0.1, -0.05) is 0 Å². The van der Waals surface area contributed by atoms with Gasteiger partial charge in [-0.3, -0.25) is 4.79 Å². The maximum atomic E-state index is 14.0. The summed E-state index contributed by atoms with van der Waals surface area (Å²) in [6, 6.07) is 13.9. The van der Waals surface area contributed by atoms with E-state index in [4.69, 9.17) is 28.3 Å². The molecule has 4 aromatic heterocycles. The predicted octanol–water partition coefficient (Wildman–Crippen LogP) is 3.93. The van der Waals surface area contributed by atoms with Gasteiger partial charge in [0.2, 0.25) is 5.82 Å². The van der Waals surface area contributed by atoms with Crippen LogP contribution in [0.1, 0.15) is 48.3 Å². The van der Waals surface area contributed by atoms with Crippen LogP contribution in [0.25, 0.3) is 33.6 Å². The molecule has 2 unspecified atom stereocenters. The molecule has 2 saturated carbocycles. The fourth-order valence-electron chi connectivity index (χ4n) is 8.44. The number of benzene rings is 1. The second kappa shape index (κ2) is 11.3. The highest BCUT2D eigenvalue weighted by atomic mass is 16.5. The number of imidazole rings is 1. The summed E-state index contributed by atoms with van der Waals surface area (Å²) < 4.78 is 10.5. The third-order valence-electron chi connectivity index (χ3n) is 11.1. The number of amides is 1. The molecule has 4 aliphatic rings. The van der Waals surface area contributed by atoms with E-state index in [-0.39, 0.29) is 23.8 Å². The Hall–Kier alpha value is -4.96. The molecule has 12 nitrogen and oxygen atoms in total. The highest BCUT2D eigenvalue weighted by Gasteiger charge is 2.47. The zero-order valence-corrected chi connectivity index (χ0v) is 27.5. The molecule has 9 rings (SSSR count). The summed E-state index contributed by atoms with van der Waals surface area (Å²) in [5.74, 6) is 3.07. The second-order valence-electron chi connectivity index (χ2n) is 14.4. The van der Waals surface area contributed by atoms with E-state index in [0.717, 1.165) is 47.5 Å². The molecule has 4 fully saturated rings. The Morgan fingerprint density at radius 3 is 2.76 bits per heavy atom. The fraction of sp³-hybridized carbons (Fsp3) is 0.444. The minimum Gasteiger partial charge on any atom is -0.494 e. The first-order valence-electron chi connectivity index (χ1n) is 17.2. The van der Waals surface area contributed by atoms with E-state index >= 15 is 0 Å². The molecule has 2 N–H and O–H groups in total. The van der Waals surface area contributed by atoms with Crippen molar-refractivity contribution in [2.45, 2.75) is 62.6 Å². The predicted molar refractivity (Wildman–Crippen MR) is 185 cm³/mol. The van der Waals surface area contributed by atoms with Crippen LogP contribution in [0.3, 0.4) is 0 Å². The van der Waals surface area contributed by atoms with Crippen LogP contribution in [0.2, 0.25) is 5.31 Å². The Labute approximate surface area is 285 Å². The highest BCUT2D eigenvalue weighted by molar-refractivity contribution is 6.16. The van der Waals surface area contributed by atoms with Crippen LogP contribution < -0.4 is 15.4 Å². The molecule has 4 atom stereocenters. The number of carbonyl (C=O) groups excluding carboxylic acids is 1. The zero-order valence-electron chi connectivity index (χ0n) is 27.5. The molecule has 6 heterocycles. The van der Waals surface area contributed by atoms with Crippen LogP contribution in [0, 0.1) is 23.2 Å². The number of rotatable bonds is 8. The van der Waals surface area contributed by atoms with E-state index in [1.165, 1.54) is 12.8 Å². The van der Waals surface area contributed by atoms with Crippen molar-refractivity contribution in [2.24, 2.45) is 17.6 Å². The molecular formula is C36H37BN10O2. The Morgan fingerprint density at radius 2 is 2.00 bits per heavy atom. The SMILES string of the molecule is [B][C@@]1(Cn2c(-c3cc4cccnc4n3CC3CC3)nc3cc(C(=O)N4CC5CCC4[C@@H]5N)cc(OC)c32)CCN(c2ccnc(C#N)n2)C1. The van der Waals surface area contributed by atoms with Gasteiger partial charge in [0, 0.05) is 68.2 Å². The summed E-state index contributed by atoms with van der Waals surface area (Å²) in [5.41, 5.74) is 10.4. The van der Waals surface area contributed by atoms with Gasteiger partial charge in [-0.05, 0) is 85.7 Å². The number of nitrogens with two attached hydrogens (primary N) is 1. The lowest BCUT2D eigenvalue weighted by Gasteiger charge is -2.28. The largest absolute Gasteiger partial charge is 0.494 e. The van der Waals surface area contributed by atoms with E-state index in [1.54, 1.807) is 13.3 Å². The molecule has 246 valence electrons. The van der Waals surface area contributed by atoms with Gasteiger partial charge in [0.25, 0.3) is 5.91 Å². The minimum absolute atomic E-state index is 0.0305. The highest BCUT2D eigenvalue weighted by Crippen LogP contribution is 2.44. The van der Waals surface area contributed by atoms with E-state index in [1.807, 2.05) is 41.4 Å². The average molecular weight is 653 g/mol. The molecule has 0 spiro atoms. The van der Waals surface area contributed by atoms with Crippen LogP contribution in [-0.2, 0) is 13.1 Å². The molecule has 5 aromatic rings. The Bertz CT molecular complexity index is 2170. The van der Waals surface area contributed by atoms with Gasteiger partial charge in [0.1, 0.15) is 28.8 Å². The normalized spacial score (nSPS) is 24.7. The molecule has 13 heteroatoms. The van der Waals surface area contributed by atoms with Gasteiger partial charge in [0.15, 0.2) is 5.82 Å². The Kier molecular flexibility index (Phi) is 6.95. The monoisotopic (exact) mass is 652 g/mol. The number of nitrogens with zero attached hydrogens (tertiary/aromatic N) is 9. The number of ether oxygens (including phenoxy) is 1. The lowest BCUT2D eigenvalue weighted by atomic mass is 9.68. The van der Waals surface area contributed by atoms with Gasteiger partial charge in [-0.15, -0.1) is 0 Å².